The molecule has 24 heavy (non-hydrogen) atoms. The van der Waals surface area contributed by atoms with Crippen molar-refractivity contribution in [2.75, 3.05) is 13.1 Å². The Morgan fingerprint density at radius 1 is 1.04 bits per heavy atom. The van der Waals surface area contributed by atoms with E-state index in [0.29, 0.717) is 11.9 Å². The van der Waals surface area contributed by atoms with Gasteiger partial charge >= 0.3 is 0 Å². The third-order valence-corrected chi connectivity index (χ3v) is 5.51. The SMILES string of the molecule is O=C([C@H](Cc1ccc2ccccc2c1)NC1CCC1)N1CCCC1. The summed E-state index contributed by atoms with van der Waals surface area (Å²) in [6.45, 7) is 1.86. The summed E-state index contributed by atoms with van der Waals surface area (Å²) in [5.41, 5.74) is 1.25. The van der Waals surface area contributed by atoms with Crippen molar-refractivity contribution < 1.29 is 4.79 Å². The molecule has 2 aromatic rings. The molecule has 1 saturated carbocycles. The highest BCUT2D eigenvalue weighted by Gasteiger charge is 2.30. The van der Waals surface area contributed by atoms with Gasteiger partial charge in [-0.2, -0.15) is 0 Å². The molecule has 0 aromatic heterocycles. The predicted molar refractivity (Wildman–Crippen MR) is 98.0 cm³/mol. The summed E-state index contributed by atoms with van der Waals surface area (Å²) in [6.07, 6.45) is 6.80. The molecule has 1 amide bonds. The van der Waals surface area contributed by atoms with Crippen LogP contribution in [0, 0.1) is 0 Å². The second kappa shape index (κ2) is 6.94. The van der Waals surface area contributed by atoms with Gasteiger partial charge in [0.15, 0.2) is 0 Å². The van der Waals surface area contributed by atoms with E-state index >= 15 is 0 Å². The zero-order valence-corrected chi connectivity index (χ0v) is 14.2. The minimum Gasteiger partial charge on any atom is -0.341 e. The highest BCUT2D eigenvalue weighted by Crippen LogP contribution is 2.22. The van der Waals surface area contributed by atoms with E-state index in [2.05, 4.69) is 52.7 Å². The van der Waals surface area contributed by atoms with Crippen molar-refractivity contribution in [3.63, 3.8) is 0 Å². The van der Waals surface area contributed by atoms with Crippen molar-refractivity contribution in [1.29, 1.82) is 0 Å². The molecule has 126 valence electrons. The molecule has 2 fully saturated rings. The number of rotatable bonds is 5. The van der Waals surface area contributed by atoms with E-state index in [4.69, 9.17) is 0 Å². The zero-order chi connectivity index (χ0) is 16.4. The van der Waals surface area contributed by atoms with Gasteiger partial charge in [0.1, 0.15) is 0 Å². The van der Waals surface area contributed by atoms with Gasteiger partial charge in [-0.1, -0.05) is 48.9 Å². The van der Waals surface area contributed by atoms with E-state index in [1.165, 1.54) is 35.6 Å². The molecule has 2 aromatic carbocycles. The van der Waals surface area contributed by atoms with Crippen molar-refractivity contribution in [2.45, 2.75) is 50.6 Å². The number of nitrogens with one attached hydrogen (secondary N) is 1. The Balaban J connectivity index is 1.53. The Labute approximate surface area is 144 Å². The third kappa shape index (κ3) is 3.32. The first-order valence-electron chi connectivity index (χ1n) is 9.32. The van der Waals surface area contributed by atoms with E-state index in [0.717, 1.165) is 32.4 Å². The summed E-state index contributed by atoms with van der Waals surface area (Å²) in [5.74, 6) is 0.299. The monoisotopic (exact) mass is 322 g/mol. The summed E-state index contributed by atoms with van der Waals surface area (Å²) in [4.78, 5) is 15.0. The number of hydrogen-bond acceptors (Lipinski definition) is 2. The predicted octanol–water partition coefficient (Wildman–Crippen LogP) is 3.52. The maximum absolute atomic E-state index is 13.0. The average molecular weight is 322 g/mol. The lowest BCUT2D eigenvalue weighted by molar-refractivity contribution is -0.132. The van der Waals surface area contributed by atoms with Crippen LogP contribution < -0.4 is 5.32 Å². The van der Waals surface area contributed by atoms with Gasteiger partial charge in [-0.25, -0.2) is 0 Å². The number of carbonyl (C=O) groups excluding carboxylic acids is 1. The Morgan fingerprint density at radius 3 is 2.50 bits per heavy atom. The average Bonchev–Trinajstić information content (AvgIpc) is 3.10. The van der Waals surface area contributed by atoms with Crippen LogP contribution in [-0.2, 0) is 11.2 Å². The molecule has 4 rings (SSSR count). The number of carbonyl (C=O) groups is 1. The fourth-order valence-corrected chi connectivity index (χ4v) is 3.84. The van der Waals surface area contributed by atoms with Gasteiger partial charge in [0.2, 0.25) is 5.91 Å². The van der Waals surface area contributed by atoms with Crippen LogP contribution in [0.2, 0.25) is 0 Å². The van der Waals surface area contributed by atoms with Crippen LogP contribution in [0.25, 0.3) is 10.8 Å². The van der Waals surface area contributed by atoms with Crippen molar-refractivity contribution >= 4 is 16.7 Å². The molecule has 0 unspecified atom stereocenters. The normalized spacial score (nSPS) is 19.4. The minimum atomic E-state index is -0.0745. The number of fused-ring (bicyclic) bond motifs is 1. The van der Waals surface area contributed by atoms with Gasteiger partial charge in [-0.15, -0.1) is 0 Å². The number of benzene rings is 2. The van der Waals surface area contributed by atoms with Gasteiger partial charge in [0.05, 0.1) is 6.04 Å². The molecule has 0 bridgehead atoms. The lowest BCUT2D eigenvalue weighted by Gasteiger charge is -2.33. The molecular weight excluding hydrogens is 296 g/mol. The second-order valence-corrected chi connectivity index (χ2v) is 7.27. The Morgan fingerprint density at radius 2 is 1.79 bits per heavy atom. The quantitative estimate of drug-likeness (QED) is 0.913. The molecule has 2 aliphatic rings. The van der Waals surface area contributed by atoms with Crippen molar-refractivity contribution in [2.24, 2.45) is 0 Å². The van der Waals surface area contributed by atoms with E-state index in [-0.39, 0.29) is 6.04 Å². The molecule has 1 aliphatic carbocycles. The molecule has 1 atom stereocenters. The lowest BCUT2D eigenvalue weighted by Crippen LogP contribution is -2.52. The van der Waals surface area contributed by atoms with Crippen LogP contribution in [0.15, 0.2) is 42.5 Å². The molecule has 3 heteroatoms. The lowest BCUT2D eigenvalue weighted by atomic mass is 9.91. The van der Waals surface area contributed by atoms with Crippen LogP contribution in [0.1, 0.15) is 37.7 Å². The number of hydrogen-bond donors (Lipinski definition) is 1. The highest BCUT2D eigenvalue weighted by atomic mass is 16.2. The maximum Gasteiger partial charge on any atom is 0.240 e. The van der Waals surface area contributed by atoms with Crippen LogP contribution in [0.3, 0.4) is 0 Å². The van der Waals surface area contributed by atoms with Gasteiger partial charge < -0.3 is 10.2 Å². The number of likely N-dealkylation sites (tertiary alicyclic amines) is 1. The summed E-state index contributed by atoms with van der Waals surface area (Å²) >= 11 is 0. The molecule has 0 spiro atoms. The second-order valence-electron chi connectivity index (χ2n) is 7.27. The molecule has 1 saturated heterocycles. The fraction of sp³-hybridized carbons (Fsp3) is 0.476. The van der Waals surface area contributed by atoms with Gasteiger partial charge in [-0.3, -0.25) is 4.79 Å². The van der Waals surface area contributed by atoms with Crippen LogP contribution >= 0.6 is 0 Å². The van der Waals surface area contributed by atoms with E-state index in [9.17, 15) is 4.79 Å². The summed E-state index contributed by atoms with van der Waals surface area (Å²) < 4.78 is 0. The zero-order valence-electron chi connectivity index (χ0n) is 14.2. The van der Waals surface area contributed by atoms with Crippen molar-refractivity contribution in [3.8, 4) is 0 Å². The van der Waals surface area contributed by atoms with E-state index < -0.39 is 0 Å². The molecule has 1 aliphatic heterocycles. The molecule has 1 N–H and O–H groups in total. The van der Waals surface area contributed by atoms with Gasteiger partial charge in [-0.05, 0) is 48.4 Å². The summed E-state index contributed by atoms with van der Waals surface area (Å²) in [7, 11) is 0. The number of nitrogens with zero attached hydrogens (tertiary/aromatic N) is 1. The topological polar surface area (TPSA) is 32.3 Å². The first-order valence-corrected chi connectivity index (χ1v) is 9.32. The van der Waals surface area contributed by atoms with E-state index in [1.807, 2.05) is 0 Å². The fourth-order valence-electron chi connectivity index (χ4n) is 3.84. The van der Waals surface area contributed by atoms with Crippen molar-refractivity contribution in [3.05, 3.63) is 48.0 Å². The summed E-state index contributed by atoms with van der Waals surface area (Å²) in [6, 6.07) is 15.5. The Hall–Kier alpha value is -1.87. The van der Waals surface area contributed by atoms with Crippen molar-refractivity contribution in [1.82, 2.24) is 10.2 Å². The smallest absolute Gasteiger partial charge is 0.240 e. The van der Waals surface area contributed by atoms with Crippen LogP contribution in [-0.4, -0.2) is 36.0 Å². The van der Waals surface area contributed by atoms with E-state index in [1.54, 1.807) is 0 Å². The number of amides is 1. The summed E-state index contributed by atoms with van der Waals surface area (Å²) in [5, 5.41) is 6.15. The third-order valence-electron chi connectivity index (χ3n) is 5.51. The molecule has 0 radical (unpaired) electrons. The Bertz CT molecular complexity index is 717. The molecule has 1 heterocycles. The van der Waals surface area contributed by atoms with Gasteiger partial charge in [0.25, 0.3) is 0 Å². The minimum absolute atomic E-state index is 0.0745. The molecular formula is C21H26N2O. The maximum atomic E-state index is 13.0. The largest absolute Gasteiger partial charge is 0.341 e. The first-order chi connectivity index (χ1) is 11.8. The van der Waals surface area contributed by atoms with Gasteiger partial charge in [0, 0.05) is 19.1 Å². The standard InChI is InChI=1S/C21H26N2O/c24-21(23-12-3-4-13-23)20(22-19-8-5-9-19)15-16-10-11-17-6-1-2-7-18(17)14-16/h1-2,6-7,10-11,14,19-20,22H,3-5,8-9,12-13,15H2/t20-/m0/s1. The Kier molecular flexibility index (Phi) is 4.52. The van der Waals surface area contributed by atoms with Crippen LogP contribution in [0.5, 0.6) is 0 Å². The van der Waals surface area contributed by atoms with Crippen LogP contribution in [0.4, 0.5) is 0 Å². The highest BCUT2D eigenvalue weighted by molar-refractivity contribution is 5.84. The molecule has 3 nitrogen and oxygen atoms in total. The first kappa shape index (κ1) is 15.6.